The van der Waals surface area contributed by atoms with Crippen molar-refractivity contribution in [2.24, 2.45) is 0 Å². The zero-order chi connectivity index (χ0) is 23.9. The van der Waals surface area contributed by atoms with E-state index in [0.29, 0.717) is 29.2 Å². The number of esters is 1. The molecule has 1 N–H and O–H groups in total. The van der Waals surface area contributed by atoms with Crippen molar-refractivity contribution < 1.29 is 18.7 Å². The van der Waals surface area contributed by atoms with E-state index in [1.54, 1.807) is 43.1 Å². The molecule has 4 rings (SSSR count). The number of hydrogen-bond acceptors (Lipinski definition) is 3. The number of nitrogens with zero attached hydrogens (tertiary/aromatic N) is 1. The Balaban J connectivity index is 1.87. The number of rotatable bonds is 4. The molecule has 1 aromatic heterocycles. The first-order chi connectivity index (χ1) is 15.6. The highest BCUT2D eigenvalue weighted by Gasteiger charge is 2.37. The summed E-state index contributed by atoms with van der Waals surface area (Å²) in [6.07, 6.45) is 1.20. The molecule has 1 aliphatic heterocycles. The van der Waals surface area contributed by atoms with Crippen LogP contribution in [0.5, 0.6) is 0 Å². The summed E-state index contributed by atoms with van der Waals surface area (Å²) >= 11 is 5.88. The summed E-state index contributed by atoms with van der Waals surface area (Å²) in [7, 11) is 0. The number of ether oxygens (including phenoxy) is 1. The largest absolute Gasteiger partial charge is 0.459 e. The average molecular weight is 469 g/mol. The van der Waals surface area contributed by atoms with E-state index in [1.165, 1.54) is 12.1 Å². The number of aromatic amines is 1. The first kappa shape index (κ1) is 23.1. The summed E-state index contributed by atoms with van der Waals surface area (Å²) in [6, 6.07) is 11.6. The van der Waals surface area contributed by atoms with Crippen molar-refractivity contribution in [2.75, 3.05) is 6.54 Å². The standard InChI is InChI=1S/C26H26ClFN2O3/c1-15(2)33-25(32)20-13-30(24(31)17-7-5-16(12-27)6-8-17)14-26(3,4)22-19-10-9-18(28)11-21(19)29-23(20)22/h5-11,13,15,29H,12,14H2,1-4H3. The molecule has 0 radical (unpaired) electrons. The molecular weight excluding hydrogens is 443 g/mol. The summed E-state index contributed by atoms with van der Waals surface area (Å²) in [5, 5.41) is 0.806. The number of amides is 1. The topological polar surface area (TPSA) is 62.4 Å². The van der Waals surface area contributed by atoms with E-state index in [4.69, 9.17) is 16.3 Å². The molecule has 0 atom stereocenters. The summed E-state index contributed by atoms with van der Waals surface area (Å²) < 4.78 is 19.4. The second-order valence-corrected chi connectivity index (χ2v) is 9.48. The van der Waals surface area contributed by atoms with Crippen molar-refractivity contribution in [3.05, 3.63) is 76.9 Å². The monoisotopic (exact) mass is 468 g/mol. The van der Waals surface area contributed by atoms with Gasteiger partial charge in [0, 0.05) is 40.5 Å². The molecular formula is C26H26ClFN2O3. The molecule has 0 saturated heterocycles. The molecule has 0 spiro atoms. The highest BCUT2D eigenvalue weighted by molar-refractivity contribution is 6.18. The Bertz CT molecular complexity index is 1260. The van der Waals surface area contributed by atoms with Gasteiger partial charge in [-0.15, -0.1) is 11.6 Å². The molecule has 3 aromatic rings. The molecule has 2 aromatic carbocycles. The molecule has 2 heterocycles. The first-order valence-corrected chi connectivity index (χ1v) is 11.3. The van der Waals surface area contributed by atoms with Gasteiger partial charge in [-0.2, -0.15) is 0 Å². The Morgan fingerprint density at radius 3 is 2.52 bits per heavy atom. The van der Waals surface area contributed by atoms with Gasteiger partial charge in [-0.25, -0.2) is 9.18 Å². The molecule has 0 bridgehead atoms. The number of hydrogen-bond donors (Lipinski definition) is 1. The lowest BCUT2D eigenvalue weighted by atomic mass is 9.81. The Morgan fingerprint density at radius 2 is 1.88 bits per heavy atom. The lowest BCUT2D eigenvalue weighted by Crippen LogP contribution is -2.37. The van der Waals surface area contributed by atoms with Crippen molar-refractivity contribution in [1.82, 2.24) is 9.88 Å². The first-order valence-electron chi connectivity index (χ1n) is 10.8. The maximum Gasteiger partial charge on any atom is 0.342 e. The smallest absolute Gasteiger partial charge is 0.342 e. The number of aromatic nitrogens is 1. The minimum atomic E-state index is -0.550. The SMILES string of the molecule is CC(C)OC(=O)C1=CN(C(=O)c2ccc(CCl)cc2)CC(C)(C)c2c1[nH]c1cc(F)ccc21. The van der Waals surface area contributed by atoms with Crippen LogP contribution in [0.25, 0.3) is 16.5 Å². The van der Waals surface area contributed by atoms with E-state index in [1.807, 2.05) is 26.0 Å². The lowest BCUT2D eigenvalue weighted by Gasteiger charge is -2.29. The van der Waals surface area contributed by atoms with Gasteiger partial charge < -0.3 is 14.6 Å². The quantitative estimate of drug-likeness (QED) is 0.390. The maximum atomic E-state index is 13.9. The van der Waals surface area contributed by atoms with Gasteiger partial charge in [0.2, 0.25) is 0 Å². The van der Waals surface area contributed by atoms with Crippen LogP contribution in [-0.4, -0.2) is 34.4 Å². The van der Waals surface area contributed by atoms with Crippen molar-refractivity contribution in [2.45, 2.75) is 45.1 Å². The third-order valence-corrected chi connectivity index (χ3v) is 6.04. The molecule has 1 amide bonds. The van der Waals surface area contributed by atoms with Crippen LogP contribution in [0, 0.1) is 5.82 Å². The molecule has 7 heteroatoms. The Kier molecular flexibility index (Phi) is 6.06. The number of H-pyrrole nitrogens is 1. The fourth-order valence-electron chi connectivity index (χ4n) is 4.31. The van der Waals surface area contributed by atoms with E-state index in [0.717, 1.165) is 16.5 Å². The molecule has 33 heavy (non-hydrogen) atoms. The Labute approximate surface area is 197 Å². The van der Waals surface area contributed by atoms with Crippen LogP contribution >= 0.6 is 11.6 Å². The molecule has 5 nitrogen and oxygen atoms in total. The molecule has 1 aliphatic rings. The summed E-state index contributed by atoms with van der Waals surface area (Å²) in [6.45, 7) is 7.86. The van der Waals surface area contributed by atoms with E-state index in [9.17, 15) is 14.0 Å². The number of fused-ring (bicyclic) bond motifs is 3. The fourth-order valence-corrected chi connectivity index (χ4v) is 4.49. The van der Waals surface area contributed by atoms with Crippen LogP contribution in [0.15, 0.2) is 48.7 Å². The lowest BCUT2D eigenvalue weighted by molar-refractivity contribution is -0.140. The van der Waals surface area contributed by atoms with Crippen LogP contribution in [0.2, 0.25) is 0 Å². The van der Waals surface area contributed by atoms with Crippen LogP contribution in [0.4, 0.5) is 4.39 Å². The van der Waals surface area contributed by atoms with Crippen LogP contribution in [0.3, 0.4) is 0 Å². The summed E-state index contributed by atoms with van der Waals surface area (Å²) in [5.41, 5.74) is 3.06. The predicted molar refractivity (Wildman–Crippen MR) is 128 cm³/mol. The van der Waals surface area contributed by atoms with Gasteiger partial charge >= 0.3 is 5.97 Å². The average Bonchev–Trinajstić information content (AvgIpc) is 3.09. The third-order valence-electron chi connectivity index (χ3n) is 5.74. The zero-order valence-corrected chi connectivity index (χ0v) is 19.8. The van der Waals surface area contributed by atoms with Gasteiger partial charge in [0.1, 0.15) is 5.82 Å². The minimum Gasteiger partial charge on any atom is -0.459 e. The van der Waals surface area contributed by atoms with Crippen LogP contribution < -0.4 is 0 Å². The maximum absolute atomic E-state index is 13.9. The number of nitrogens with one attached hydrogen (secondary N) is 1. The van der Waals surface area contributed by atoms with Gasteiger partial charge in [-0.05, 0) is 55.3 Å². The summed E-state index contributed by atoms with van der Waals surface area (Å²) in [5.74, 6) is -0.798. The van der Waals surface area contributed by atoms with Gasteiger partial charge in [0.25, 0.3) is 5.91 Å². The van der Waals surface area contributed by atoms with Crippen LogP contribution in [-0.2, 0) is 20.8 Å². The van der Waals surface area contributed by atoms with Gasteiger partial charge in [-0.3, -0.25) is 4.79 Å². The second kappa shape index (κ2) is 8.67. The normalized spacial score (nSPS) is 15.2. The third kappa shape index (κ3) is 4.40. The van der Waals surface area contributed by atoms with E-state index < -0.39 is 11.4 Å². The van der Waals surface area contributed by atoms with Crippen molar-refractivity contribution in [3.63, 3.8) is 0 Å². The van der Waals surface area contributed by atoms with E-state index in [-0.39, 0.29) is 23.4 Å². The van der Waals surface area contributed by atoms with Crippen molar-refractivity contribution in [1.29, 1.82) is 0 Å². The van der Waals surface area contributed by atoms with Gasteiger partial charge in [0.05, 0.1) is 17.4 Å². The molecule has 0 fully saturated rings. The fraction of sp³-hybridized carbons (Fsp3) is 0.308. The zero-order valence-electron chi connectivity index (χ0n) is 19.0. The molecule has 0 aliphatic carbocycles. The minimum absolute atomic E-state index is 0.228. The van der Waals surface area contributed by atoms with Crippen LogP contribution in [0.1, 0.15) is 54.9 Å². The Hall–Kier alpha value is -3.12. The highest BCUT2D eigenvalue weighted by atomic mass is 35.5. The Morgan fingerprint density at radius 1 is 1.18 bits per heavy atom. The number of benzene rings is 2. The number of alkyl halides is 1. The molecule has 0 saturated carbocycles. The summed E-state index contributed by atoms with van der Waals surface area (Å²) in [4.78, 5) is 31.3. The molecule has 0 unspecified atom stereocenters. The highest BCUT2D eigenvalue weighted by Crippen LogP contribution is 2.40. The van der Waals surface area contributed by atoms with Gasteiger partial charge in [0.15, 0.2) is 0 Å². The molecule has 172 valence electrons. The van der Waals surface area contributed by atoms with Crippen molar-refractivity contribution in [3.8, 4) is 0 Å². The van der Waals surface area contributed by atoms with E-state index >= 15 is 0 Å². The predicted octanol–water partition coefficient (Wildman–Crippen LogP) is 5.77. The van der Waals surface area contributed by atoms with E-state index in [2.05, 4.69) is 4.98 Å². The number of carbonyl (C=O) groups excluding carboxylic acids is 2. The second-order valence-electron chi connectivity index (χ2n) is 9.21. The van der Waals surface area contributed by atoms with Gasteiger partial charge in [-0.1, -0.05) is 26.0 Å². The number of halogens is 2. The number of carbonyl (C=O) groups is 2. The van der Waals surface area contributed by atoms with Crippen molar-refractivity contribution >= 4 is 40.0 Å².